The van der Waals surface area contributed by atoms with Gasteiger partial charge in [-0.2, -0.15) is 0 Å². The number of aromatic nitrogens is 2. The second kappa shape index (κ2) is 10.4. The average Bonchev–Trinajstić information content (AvgIpc) is 3.37. The lowest BCUT2D eigenvalue weighted by molar-refractivity contribution is -0.713. The molecule has 2 aromatic carbocycles. The van der Waals surface area contributed by atoms with E-state index in [1.165, 1.54) is 17.0 Å². The molecule has 2 atom stereocenters. The Morgan fingerprint density at radius 2 is 2.06 bits per heavy atom. The van der Waals surface area contributed by atoms with Gasteiger partial charge in [0.15, 0.2) is 0 Å². The molecule has 0 saturated carbocycles. The topological polar surface area (TPSA) is 97.9 Å². The van der Waals surface area contributed by atoms with Crippen molar-refractivity contribution in [1.82, 2.24) is 9.55 Å². The first-order valence-electron chi connectivity index (χ1n) is 9.77. The number of benzene rings is 2. The van der Waals surface area contributed by atoms with E-state index in [2.05, 4.69) is 25.8 Å². The lowest BCUT2D eigenvalue weighted by Gasteiger charge is -2.30. The molecule has 12 heteroatoms. The predicted octanol–water partition coefficient (Wildman–Crippen LogP) is 5.01. The Kier molecular flexibility index (Phi) is 7.52. The lowest BCUT2D eigenvalue weighted by Crippen LogP contribution is -2.34. The highest BCUT2D eigenvalue weighted by atomic mass is 79.9. The highest BCUT2D eigenvalue weighted by molar-refractivity contribution is 9.10. The number of hydrogen-bond donors (Lipinski definition) is 0. The van der Waals surface area contributed by atoms with E-state index in [-0.39, 0.29) is 25.8 Å². The fourth-order valence-electron chi connectivity index (χ4n) is 3.45. The quantitative estimate of drug-likeness (QED) is 0.269. The first-order valence-corrected chi connectivity index (χ1v) is 11.3. The maximum absolute atomic E-state index is 10.8. The van der Waals surface area contributed by atoms with Crippen molar-refractivity contribution in [3.63, 3.8) is 0 Å². The predicted molar refractivity (Wildman–Crippen MR) is 123 cm³/mol. The molecule has 0 spiro atoms. The molecule has 0 aliphatic carbocycles. The van der Waals surface area contributed by atoms with Gasteiger partial charge in [-0.1, -0.05) is 57.3 Å². The van der Waals surface area contributed by atoms with Gasteiger partial charge in [-0.05, 0) is 29.8 Å². The van der Waals surface area contributed by atoms with Gasteiger partial charge in [0, 0.05) is 27.5 Å². The van der Waals surface area contributed by atoms with Crippen molar-refractivity contribution < 1.29 is 24.1 Å². The van der Waals surface area contributed by atoms with E-state index in [0.717, 1.165) is 10.0 Å². The van der Waals surface area contributed by atoms with Crippen molar-refractivity contribution in [2.45, 2.75) is 25.0 Å². The summed E-state index contributed by atoms with van der Waals surface area (Å²) in [6, 6.07) is 12.5. The standard InChI is InChI=1S/C21H18BrCl2N3O6/c22-15-3-1-14(2-4-15)10-30-11-17-12-31-21(32-17,18-6-5-16(23)9-19(18)24)13-26-8-7-25-20(26)33-27(28)29/h1-9,17H,10-13H2. The van der Waals surface area contributed by atoms with Crippen LogP contribution < -0.4 is 4.84 Å². The molecule has 9 nitrogen and oxygen atoms in total. The summed E-state index contributed by atoms with van der Waals surface area (Å²) in [5.41, 5.74) is 1.54. The first kappa shape index (κ1) is 23.9. The normalized spacial score (nSPS) is 20.2. The van der Waals surface area contributed by atoms with Crippen molar-refractivity contribution in [2.24, 2.45) is 0 Å². The molecule has 2 heterocycles. The Bertz CT molecular complexity index is 1130. The molecule has 1 aromatic heterocycles. The Balaban J connectivity index is 1.52. The van der Waals surface area contributed by atoms with E-state index in [0.29, 0.717) is 22.2 Å². The van der Waals surface area contributed by atoms with Gasteiger partial charge in [-0.25, -0.2) is 9.82 Å². The number of nitrogens with zero attached hydrogens (tertiary/aromatic N) is 3. The molecule has 4 rings (SSSR count). The Morgan fingerprint density at radius 1 is 1.27 bits per heavy atom. The molecule has 1 saturated heterocycles. The molecule has 1 aliphatic rings. The van der Waals surface area contributed by atoms with Gasteiger partial charge in [0.05, 0.1) is 31.4 Å². The number of rotatable bonds is 9. The largest absolute Gasteiger partial charge is 0.374 e. The highest BCUT2D eigenvalue weighted by Crippen LogP contribution is 2.41. The van der Waals surface area contributed by atoms with Gasteiger partial charge in [0.25, 0.3) is 6.01 Å². The fraction of sp³-hybridized carbons (Fsp3) is 0.286. The van der Waals surface area contributed by atoms with Crippen LogP contribution in [0.15, 0.2) is 59.3 Å². The number of hydrogen-bond acceptors (Lipinski definition) is 7. The average molecular weight is 559 g/mol. The van der Waals surface area contributed by atoms with Gasteiger partial charge in [0.2, 0.25) is 5.79 Å². The molecule has 1 aliphatic heterocycles. The lowest BCUT2D eigenvalue weighted by atomic mass is 10.1. The Morgan fingerprint density at radius 3 is 2.79 bits per heavy atom. The van der Waals surface area contributed by atoms with Crippen LogP contribution in [0.5, 0.6) is 6.01 Å². The summed E-state index contributed by atoms with van der Waals surface area (Å²) < 4.78 is 20.6. The second-order valence-corrected chi connectivity index (χ2v) is 8.98. The van der Waals surface area contributed by atoms with Crippen LogP contribution in [-0.4, -0.2) is 34.0 Å². The van der Waals surface area contributed by atoms with Crippen LogP contribution >= 0.6 is 39.1 Å². The molecule has 174 valence electrons. The minimum atomic E-state index is -1.36. The van der Waals surface area contributed by atoms with E-state index in [1.54, 1.807) is 18.2 Å². The Labute approximate surface area is 207 Å². The number of imidazole rings is 1. The summed E-state index contributed by atoms with van der Waals surface area (Å²) in [5, 5.41) is 10.7. The van der Waals surface area contributed by atoms with E-state index in [1.807, 2.05) is 24.3 Å². The molecule has 3 aromatic rings. The van der Waals surface area contributed by atoms with Gasteiger partial charge >= 0.3 is 5.09 Å². The second-order valence-electron chi connectivity index (χ2n) is 7.22. The maximum Gasteiger partial charge on any atom is 0.302 e. The third-order valence-corrected chi connectivity index (χ3v) is 5.98. The fourth-order valence-corrected chi connectivity index (χ4v) is 4.26. The van der Waals surface area contributed by atoms with Crippen LogP contribution in [0.3, 0.4) is 0 Å². The summed E-state index contributed by atoms with van der Waals surface area (Å²) in [7, 11) is 0. The molecule has 0 amide bonds. The van der Waals surface area contributed by atoms with Crippen LogP contribution in [0.25, 0.3) is 0 Å². The van der Waals surface area contributed by atoms with Crippen LogP contribution in [0, 0.1) is 10.1 Å². The zero-order valence-electron chi connectivity index (χ0n) is 17.0. The third-order valence-electron chi connectivity index (χ3n) is 4.90. The smallest absolute Gasteiger partial charge is 0.302 e. The SMILES string of the molecule is O=[N+]([O-])Oc1nccn1CC1(c2ccc(Cl)cc2Cl)OCC(COCc2ccc(Br)cc2)O1. The van der Waals surface area contributed by atoms with Gasteiger partial charge in [0.1, 0.15) is 6.10 Å². The van der Waals surface area contributed by atoms with Crippen molar-refractivity contribution >= 4 is 39.1 Å². The first-order chi connectivity index (χ1) is 15.8. The maximum atomic E-state index is 10.8. The summed E-state index contributed by atoms with van der Waals surface area (Å²) in [6.45, 7) is 0.898. The monoisotopic (exact) mass is 557 g/mol. The van der Waals surface area contributed by atoms with Crippen LogP contribution in [0.2, 0.25) is 10.0 Å². The van der Waals surface area contributed by atoms with Crippen LogP contribution in [0.1, 0.15) is 11.1 Å². The van der Waals surface area contributed by atoms with E-state index in [9.17, 15) is 10.1 Å². The molecular formula is C21H18BrCl2N3O6. The van der Waals surface area contributed by atoms with Gasteiger partial charge < -0.3 is 18.8 Å². The summed E-state index contributed by atoms with van der Waals surface area (Å²) in [4.78, 5) is 19.2. The van der Waals surface area contributed by atoms with Crippen molar-refractivity contribution in [3.05, 3.63) is 90.6 Å². The summed E-state index contributed by atoms with van der Waals surface area (Å²) in [5.74, 6) is -1.36. The number of halogens is 3. The van der Waals surface area contributed by atoms with E-state index in [4.69, 9.17) is 37.4 Å². The van der Waals surface area contributed by atoms with Crippen molar-refractivity contribution in [3.8, 4) is 6.01 Å². The van der Waals surface area contributed by atoms with Gasteiger partial charge in [-0.3, -0.25) is 0 Å². The minimum Gasteiger partial charge on any atom is -0.374 e. The van der Waals surface area contributed by atoms with Crippen LogP contribution in [0.4, 0.5) is 0 Å². The zero-order valence-corrected chi connectivity index (χ0v) is 20.1. The molecular weight excluding hydrogens is 541 g/mol. The molecule has 0 radical (unpaired) electrons. The highest BCUT2D eigenvalue weighted by Gasteiger charge is 2.45. The summed E-state index contributed by atoms with van der Waals surface area (Å²) in [6.07, 6.45) is 2.49. The van der Waals surface area contributed by atoms with Gasteiger partial charge in [-0.15, -0.1) is 10.1 Å². The number of ether oxygens (including phenoxy) is 3. The zero-order chi connectivity index (χ0) is 23.4. The molecule has 2 unspecified atom stereocenters. The molecule has 1 fully saturated rings. The van der Waals surface area contributed by atoms with E-state index < -0.39 is 17.0 Å². The van der Waals surface area contributed by atoms with Crippen molar-refractivity contribution in [1.29, 1.82) is 0 Å². The molecule has 33 heavy (non-hydrogen) atoms. The van der Waals surface area contributed by atoms with Crippen LogP contribution in [-0.2, 0) is 33.1 Å². The molecule has 0 N–H and O–H groups in total. The molecule has 0 bridgehead atoms. The minimum absolute atomic E-state index is 0.000732. The van der Waals surface area contributed by atoms with Crippen molar-refractivity contribution in [2.75, 3.05) is 13.2 Å². The summed E-state index contributed by atoms with van der Waals surface area (Å²) >= 11 is 15.9. The third kappa shape index (κ3) is 5.84. The van der Waals surface area contributed by atoms with E-state index >= 15 is 0 Å². The Hall–Kier alpha value is -2.21.